The van der Waals surface area contributed by atoms with Crippen LogP contribution < -0.4 is 10.9 Å². The van der Waals surface area contributed by atoms with Gasteiger partial charge in [0.1, 0.15) is 17.1 Å². The molecule has 1 amide bonds. The van der Waals surface area contributed by atoms with Gasteiger partial charge in [-0.2, -0.15) is 13.2 Å². The van der Waals surface area contributed by atoms with E-state index in [2.05, 4.69) is 14.4 Å². The molecule has 9 heteroatoms. The number of carbonyl (C=O) groups is 1. The Kier molecular flexibility index (Phi) is 3.83. The number of carbonyl (C=O) groups excluding carboxylic acids is 1. The van der Waals surface area contributed by atoms with Gasteiger partial charge in [0, 0.05) is 6.20 Å². The zero-order valence-electron chi connectivity index (χ0n) is 10.7. The molecule has 0 aliphatic carbocycles. The number of amides is 1. The van der Waals surface area contributed by atoms with E-state index in [1.165, 1.54) is 13.0 Å². The molecule has 2 rings (SSSR count). The molecule has 6 nitrogen and oxygen atoms in total. The van der Waals surface area contributed by atoms with Crippen molar-refractivity contribution >= 4 is 5.91 Å². The standard InChI is InChI=1S/C12H10F3N3O3/c1-6-16-5-7(10(19)17-6)11(20)18-9(12(13,14)15)8-3-2-4-21-8/h2-5,9H,1H3,(H,18,20)(H,16,17,19)/t9-/m0/s1. The predicted molar refractivity (Wildman–Crippen MR) is 64.6 cm³/mol. The summed E-state index contributed by atoms with van der Waals surface area (Å²) in [6.45, 7) is 1.48. The van der Waals surface area contributed by atoms with Crippen molar-refractivity contribution < 1.29 is 22.4 Å². The summed E-state index contributed by atoms with van der Waals surface area (Å²) in [6, 6.07) is -0.00279. The van der Waals surface area contributed by atoms with Gasteiger partial charge in [0.05, 0.1) is 6.26 Å². The van der Waals surface area contributed by atoms with E-state index in [4.69, 9.17) is 0 Å². The second-order valence-electron chi connectivity index (χ2n) is 4.17. The van der Waals surface area contributed by atoms with Gasteiger partial charge >= 0.3 is 6.18 Å². The summed E-state index contributed by atoms with van der Waals surface area (Å²) in [7, 11) is 0. The summed E-state index contributed by atoms with van der Waals surface area (Å²) in [6.07, 6.45) is -2.79. The van der Waals surface area contributed by atoms with E-state index in [1.54, 1.807) is 5.32 Å². The monoisotopic (exact) mass is 301 g/mol. The van der Waals surface area contributed by atoms with Crippen LogP contribution in [0.4, 0.5) is 13.2 Å². The topological polar surface area (TPSA) is 88.0 Å². The lowest BCUT2D eigenvalue weighted by molar-refractivity contribution is -0.159. The lowest BCUT2D eigenvalue weighted by atomic mass is 10.2. The number of hydrogen-bond donors (Lipinski definition) is 2. The van der Waals surface area contributed by atoms with E-state index >= 15 is 0 Å². The molecule has 0 aromatic carbocycles. The zero-order valence-corrected chi connectivity index (χ0v) is 10.7. The van der Waals surface area contributed by atoms with Crippen molar-refractivity contribution in [2.24, 2.45) is 0 Å². The summed E-state index contributed by atoms with van der Waals surface area (Å²) in [5, 5.41) is 1.72. The fraction of sp³-hybridized carbons (Fsp3) is 0.250. The van der Waals surface area contributed by atoms with E-state index in [0.717, 1.165) is 18.5 Å². The molecule has 0 saturated heterocycles. The molecule has 0 aliphatic heterocycles. The third kappa shape index (κ3) is 3.30. The van der Waals surface area contributed by atoms with Crippen LogP contribution in [0.15, 0.2) is 33.8 Å². The number of halogens is 3. The Morgan fingerprint density at radius 3 is 2.71 bits per heavy atom. The van der Waals surface area contributed by atoms with Gasteiger partial charge in [-0.1, -0.05) is 0 Å². The second kappa shape index (κ2) is 5.43. The molecule has 0 saturated carbocycles. The summed E-state index contributed by atoms with van der Waals surface area (Å²) < 4.78 is 43.5. The minimum atomic E-state index is -4.77. The summed E-state index contributed by atoms with van der Waals surface area (Å²) in [4.78, 5) is 29.3. The highest BCUT2D eigenvalue weighted by atomic mass is 19.4. The third-order valence-corrected chi connectivity index (χ3v) is 2.60. The van der Waals surface area contributed by atoms with Crippen molar-refractivity contribution in [2.45, 2.75) is 19.1 Å². The van der Waals surface area contributed by atoms with E-state index in [-0.39, 0.29) is 5.82 Å². The van der Waals surface area contributed by atoms with Gasteiger partial charge < -0.3 is 14.7 Å². The quantitative estimate of drug-likeness (QED) is 0.903. The molecule has 0 fully saturated rings. The number of furan rings is 1. The molecule has 0 unspecified atom stereocenters. The molecular weight excluding hydrogens is 291 g/mol. The van der Waals surface area contributed by atoms with Crippen LogP contribution in [0.3, 0.4) is 0 Å². The van der Waals surface area contributed by atoms with E-state index < -0.39 is 35.0 Å². The van der Waals surface area contributed by atoms with E-state index in [1.807, 2.05) is 0 Å². The Hall–Kier alpha value is -2.58. The summed E-state index contributed by atoms with van der Waals surface area (Å²) >= 11 is 0. The normalized spacial score (nSPS) is 13.0. The van der Waals surface area contributed by atoms with Crippen LogP contribution in [-0.2, 0) is 0 Å². The van der Waals surface area contributed by atoms with E-state index in [9.17, 15) is 22.8 Å². The fourth-order valence-corrected chi connectivity index (χ4v) is 1.62. The Morgan fingerprint density at radius 2 is 2.19 bits per heavy atom. The van der Waals surface area contributed by atoms with Crippen molar-refractivity contribution in [3.05, 3.63) is 52.1 Å². The first kappa shape index (κ1) is 14.8. The highest BCUT2D eigenvalue weighted by Crippen LogP contribution is 2.32. The maximum atomic E-state index is 12.9. The first-order chi connectivity index (χ1) is 9.79. The van der Waals surface area contributed by atoms with Gasteiger partial charge in [-0.05, 0) is 19.1 Å². The van der Waals surface area contributed by atoms with Crippen LogP contribution in [0.25, 0.3) is 0 Å². The summed E-state index contributed by atoms with van der Waals surface area (Å²) in [5.41, 5.74) is -1.33. The largest absolute Gasteiger partial charge is 0.467 e. The van der Waals surface area contributed by atoms with Gasteiger partial charge in [0.15, 0.2) is 6.04 Å². The number of rotatable bonds is 3. The molecule has 2 aromatic rings. The Balaban J connectivity index is 2.29. The fourth-order valence-electron chi connectivity index (χ4n) is 1.62. The molecular formula is C12H10F3N3O3. The molecule has 1 atom stereocenters. The minimum absolute atomic E-state index is 0.245. The van der Waals surface area contributed by atoms with Gasteiger partial charge in [-0.3, -0.25) is 9.59 Å². The Bertz CT molecular complexity index is 692. The number of alkyl halides is 3. The van der Waals surface area contributed by atoms with Crippen LogP contribution in [0.2, 0.25) is 0 Å². The number of hydrogen-bond acceptors (Lipinski definition) is 4. The summed E-state index contributed by atoms with van der Waals surface area (Å²) in [5.74, 6) is -1.43. The van der Waals surface area contributed by atoms with Crippen molar-refractivity contribution in [3.63, 3.8) is 0 Å². The molecule has 0 radical (unpaired) electrons. The third-order valence-electron chi connectivity index (χ3n) is 2.60. The molecule has 0 aliphatic rings. The SMILES string of the molecule is Cc1ncc(C(=O)N[C@@H](c2ccco2)C(F)(F)F)c(=O)[nH]1. The molecule has 2 aromatic heterocycles. The number of aromatic amines is 1. The highest BCUT2D eigenvalue weighted by Gasteiger charge is 2.44. The average molecular weight is 301 g/mol. The molecule has 112 valence electrons. The van der Waals surface area contributed by atoms with Crippen molar-refractivity contribution in [2.75, 3.05) is 0 Å². The first-order valence-corrected chi connectivity index (χ1v) is 5.76. The van der Waals surface area contributed by atoms with Gasteiger partial charge in [-0.15, -0.1) is 0 Å². The molecule has 21 heavy (non-hydrogen) atoms. The Morgan fingerprint density at radius 1 is 1.48 bits per heavy atom. The lowest BCUT2D eigenvalue weighted by Gasteiger charge is -2.19. The number of aromatic nitrogens is 2. The average Bonchev–Trinajstić information content (AvgIpc) is 2.87. The highest BCUT2D eigenvalue weighted by molar-refractivity contribution is 5.93. The minimum Gasteiger partial charge on any atom is -0.467 e. The van der Waals surface area contributed by atoms with Gasteiger partial charge in [0.25, 0.3) is 11.5 Å². The van der Waals surface area contributed by atoms with Crippen molar-refractivity contribution in [1.29, 1.82) is 0 Å². The molecule has 0 bridgehead atoms. The lowest BCUT2D eigenvalue weighted by Crippen LogP contribution is -2.40. The number of H-pyrrole nitrogens is 1. The van der Waals surface area contributed by atoms with E-state index in [0.29, 0.717) is 0 Å². The zero-order chi connectivity index (χ0) is 15.6. The number of nitrogens with one attached hydrogen (secondary N) is 2. The van der Waals surface area contributed by atoms with Crippen LogP contribution >= 0.6 is 0 Å². The molecule has 2 N–H and O–H groups in total. The van der Waals surface area contributed by atoms with Crippen LogP contribution in [0, 0.1) is 6.92 Å². The smallest absolute Gasteiger partial charge is 0.415 e. The molecule has 0 spiro atoms. The first-order valence-electron chi connectivity index (χ1n) is 5.76. The Labute approximate surface area is 116 Å². The van der Waals surface area contributed by atoms with Gasteiger partial charge in [0.2, 0.25) is 0 Å². The maximum absolute atomic E-state index is 12.9. The second-order valence-corrected chi connectivity index (χ2v) is 4.17. The molecule has 2 heterocycles. The van der Waals surface area contributed by atoms with Crippen molar-refractivity contribution in [1.82, 2.24) is 15.3 Å². The van der Waals surface area contributed by atoms with Crippen LogP contribution in [0.5, 0.6) is 0 Å². The predicted octanol–water partition coefficient (Wildman–Crippen LogP) is 1.70. The van der Waals surface area contributed by atoms with Crippen LogP contribution in [-0.4, -0.2) is 22.1 Å². The number of aryl methyl sites for hydroxylation is 1. The van der Waals surface area contributed by atoms with Gasteiger partial charge in [-0.25, -0.2) is 4.98 Å². The van der Waals surface area contributed by atoms with Crippen molar-refractivity contribution in [3.8, 4) is 0 Å². The van der Waals surface area contributed by atoms with Crippen LogP contribution in [0.1, 0.15) is 28.0 Å². The number of nitrogens with zero attached hydrogens (tertiary/aromatic N) is 1. The maximum Gasteiger partial charge on any atom is 0.415 e.